The second-order valence-electron chi connectivity index (χ2n) is 5.38. The van der Waals surface area contributed by atoms with Crippen LogP contribution in [0, 0.1) is 6.92 Å². The highest BCUT2D eigenvalue weighted by atomic mass is 32.2. The van der Waals surface area contributed by atoms with E-state index in [1.54, 1.807) is 27.0 Å². The number of ether oxygens (including phenoxy) is 2. The van der Waals surface area contributed by atoms with Gasteiger partial charge in [-0.05, 0) is 32.6 Å². The molecule has 0 aliphatic rings. The number of carbonyl (C=O) groups excluding carboxylic acids is 3. The summed E-state index contributed by atoms with van der Waals surface area (Å²) >= 11 is 2.25. The zero-order valence-electron chi connectivity index (χ0n) is 15.9. The smallest absolute Gasteiger partial charge is 0.348 e. The van der Waals surface area contributed by atoms with Crippen molar-refractivity contribution in [2.75, 3.05) is 30.5 Å². The molecule has 0 spiro atoms. The van der Waals surface area contributed by atoms with Gasteiger partial charge in [-0.2, -0.15) is 0 Å². The van der Waals surface area contributed by atoms with Gasteiger partial charge in [0.05, 0.1) is 18.8 Å². The predicted octanol–water partition coefficient (Wildman–Crippen LogP) is 1.94. The van der Waals surface area contributed by atoms with Gasteiger partial charge in [0.1, 0.15) is 16.4 Å². The molecule has 2 heterocycles. The molecular formula is C16H21N5O5S2. The number of nitrogens with two attached hydrogens (primary N) is 1. The Labute approximate surface area is 169 Å². The topological polar surface area (TPSA) is 138 Å². The third-order valence-corrected chi connectivity index (χ3v) is 5.42. The van der Waals surface area contributed by atoms with Crippen molar-refractivity contribution in [1.82, 2.24) is 14.8 Å². The van der Waals surface area contributed by atoms with E-state index < -0.39 is 17.8 Å². The number of aromatic nitrogens is 3. The van der Waals surface area contributed by atoms with Crippen molar-refractivity contribution in [2.24, 2.45) is 0 Å². The van der Waals surface area contributed by atoms with Crippen LogP contribution in [-0.4, -0.2) is 52.1 Å². The molecule has 3 N–H and O–H groups in total. The van der Waals surface area contributed by atoms with Crippen molar-refractivity contribution in [3.8, 4) is 0 Å². The van der Waals surface area contributed by atoms with Crippen LogP contribution < -0.4 is 11.1 Å². The van der Waals surface area contributed by atoms with Gasteiger partial charge >= 0.3 is 11.9 Å². The highest BCUT2D eigenvalue weighted by Crippen LogP contribution is 2.34. The first-order chi connectivity index (χ1) is 13.3. The summed E-state index contributed by atoms with van der Waals surface area (Å²) in [6.45, 7) is 5.16. The molecule has 0 unspecified atom stereocenters. The van der Waals surface area contributed by atoms with Gasteiger partial charge in [0.15, 0.2) is 5.16 Å². The Kier molecular flexibility index (Phi) is 7.40. The molecule has 0 aliphatic heterocycles. The lowest BCUT2D eigenvalue weighted by Gasteiger charge is -2.09. The molecule has 0 aromatic carbocycles. The van der Waals surface area contributed by atoms with E-state index in [9.17, 15) is 14.4 Å². The van der Waals surface area contributed by atoms with Gasteiger partial charge < -0.3 is 20.5 Å². The van der Waals surface area contributed by atoms with Gasteiger partial charge in [-0.3, -0.25) is 9.36 Å². The summed E-state index contributed by atoms with van der Waals surface area (Å²) in [6, 6.07) is 0. The van der Waals surface area contributed by atoms with E-state index in [0.717, 1.165) is 11.3 Å². The van der Waals surface area contributed by atoms with Crippen molar-refractivity contribution >= 4 is 51.9 Å². The number of nitrogens with one attached hydrogen (secondary N) is 1. The average molecular weight is 428 g/mol. The van der Waals surface area contributed by atoms with E-state index in [-0.39, 0.29) is 41.1 Å². The molecule has 0 aliphatic carbocycles. The van der Waals surface area contributed by atoms with Gasteiger partial charge in [0.2, 0.25) is 11.9 Å². The maximum absolute atomic E-state index is 12.5. The van der Waals surface area contributed by atoms with Crippen LogP contribution in [0.2, 0.25) is 0 Å². The Hall–Kier alpha value is -2.60. The van der Waals surface area contributed by atoms with Gasteiger partial charge in [0, 0.05) is 0 Å². The molecule has 2 aromatic rings. The van der Waals surface area contributed by atoms with Crippen LogP contribution >= 0.6 is 23.1 Å². The molecule has 0 saturated carbocycles. The van der Waals surface area contributed by atoms with Gasteiger partial charge in [-0.1, -0.05) is 11.8 Å². The Bertz CT molecular complexity index is 892. The summed E-state index contributed by atoms with van der Waals surface area (Å²) in [5, 5.41) is 10.9. The number of rotatable bonds is 8. The maximum Gasteiger partial charge on any atom is 0.348 e. The first-order valence-electron chi connectivity index (χ1n) is 8.34. The zero-order chi connectivity index (χ0) is 20.8. The number of esters is 2. The number of carbonyl (C=O) groups is 3. The van der Waals surface area contributed by atoms with Crippen molar-refractivity contribution in [1.29, 1.82) is 0 Å². The highest BCUT2D eigenvalue weighted by Gasteiger charge is 2.27. The standard InChI is InChI=1S/C16H21N5O5S2/c1-5-25-13(23)10-8(3)11(14(24)26-6-2)28-12(10)18-9(22)7-21-15(17)19-20-16(21)27-4/h5-7H2,1-4H3,(H2,17,19)(H,18,22). The highest BCUT2D eigenvalue weighted by molar-refractivity contribution is 7.98. The lowest BCUT2D eigenvalue weighted by Crippen LogP contribution is -2.21. The minimum atomic E-state index is -0.629. The van der Waals surface area contributed by atoms with Crippen molar-refractivity contribution < 1.29 is 23.9 Å². The number of amides is 1. The average Bonchev–Trinajstić information content (AvgIpc) is 3.15. The molecule has 10 nitrogen and oxygen atoms in total. The Morgan fingerprint density at radius 1 is 1.18 bits per heavy atom. The summed E-state index contributed by atoms with van der Waals surface area (Å²) in [6.07, 6.45) is 1.78. The maximum atomic E-state index is 12.5. The van der Waals surface area contributed by atoms with Crippen LogP contribution in [0.25, 0.3) is 0 Å². The fourth-order valence-electron chi connectivity index (χ4n) is 2.35. The molecule has 2 aromatic heterocycles. The second-order valence-corrected chi connectivity index (χ2v) is 7.17. The van der Waals surface area contributed by atoms with E-state index >= 15 is 0 Å². The molecule has 0 saturated heterocycles. The minimum absolute atomic E-state index is 0.0969. The quantitative estimate of drug-likeness (QED) is 0.478. The Morgan fingerprint density at radius 3 is 2.43 bits per heavy atom. The third kappa shape index (κ3) is 4.62. The fraction of sp³-hybridized carbons (Fsp3) is 0.438. The van der Waals surface area contributed by atoms with Crippen LogP contribution in [0.5, 0.6) is 0 Å². The summed E-state index contributed by atoms with van der Waals surface area (Å²) in [7, 11) is 0. The molecule has 0 atom stereocenters. The van der Waals surface area contributed by atoms with E-state index in [0.29, 0.717) is 10.7 Å². The van der Waals surface area contributed by atoms with Gasteiger partial charge in [-0.25, -0.2) is 9.59 Å². The van der Waals surface area contributed by atoms with Crippen LogP contribution in [0.4, 0.5) is 10.9 Å². The molecule has 28 heavy (non-hydrogen) atoms. The van der Waals surface area contributed by atoms with Gasteiger partial charge in [0.25, 0.3) is 0 Å². The summed E-state index contributed by atoms with van der Waals surface area (Å²) < 4.78 is 11.5. The Balaban J connectivity index is 2.33. The molecule has 152 valence electrons. The molecule has 0 fully saturated rings. The molecule has 12 heteroatoms. The number of anilines is 2. The molecule has 2 rings (SSSR count). The summed E-state index contributed by atoms with van der Waals surface area (Å²) in [5.74, 6) is -1.55. The van der Waals surface area contributed by atoms with Crippen LogP contribution in [0.1, 0.15) is 39.4 Å². The Morgan fingerprint density at radius 2 is 1.82 bits per heavy atom. The van der Waals surface area contributed by atoms with Crippen LogP contribution in [-0.2, 0) is 20.8 Å². The second kappa shape index (κ2) is 9.55. The molecule has 1 amide bonds. The summed E-state index contributed by atoms with van der Waals surface area (Å²) in [5.41, 5.74) is 6.26. The van der Waals surface area contributed by atoms with E-state index in [2.05, 4.69) is 15.5 Å². The SMILES string of the molecule is CCOC(=O)c1sc(NC(=O)Cn2c(N)nnc2SC)c(C(=O)OCC)c1C. The van der Waals surface area contributed by atoms with E-state index in [1.165, 1.54) is 16.3 Å². The lowest BCUT2D eigenvalue weighted by atomic mass is 10.1. The number of hydrogen-bond donors (Lipinski definition) is 2. The van der Waals surface area contributed by atoms with Crippen LogP contribution in [0.3, 0.4) is 0 Å². The van der Waals surface area contributed by atoms with Crippen molar-refractivity contribution in [3.63, 3.8) is 0 Å². The first kappa shape index (κ1) is 21.7. The summed E-state index contributed by atoms with van der Waals surface area (Å²) in [4.78, 5) is 37.3. The van der Waals surface area contributed by atoms with Crippen molar-refractivity contribution in [3.05, 3.63) is 16.0 Å². The monoisotopic (exact) mass is 427 g/mol. The number of hydrogen-bond acceptors (Lipinski definition) is 10. The number of thioether (sulfide) groups is 1. The molecule has 0 bridgehead atoms. The molecule has 0 radical (unpaired) electrons. The normalized spacial score (nSPS) is 10.6. The van der Waals surface area contributed by atoms with Crippen molar-refractivity contribution in [2.45, 2.75) is 32.5 Å². The van der Waals surface area contributed by atoms with E-state index in [1.807, 2.05) is 0 Å². The number of nitrogen functional groups attached to an aromatic ring is 1. The lowest BCUT2D eigenvalue weighted by molar-refractivity contribution is -0.116. The minimum Gasteiger partial charge on any atom is -0.462 e. The van der Waals surface area contributed by atoms with Gasteiger partial charge in [-0.15, -0.1) is 21.5 Å². The first-order valence-corrected chi connectivity index (χ1v) is 10.4. The van der Waals surface area contributed by atoms with E-state index in [4.69, 9.17) is 15.2 Å². The number of thiophene rings is 1. The van der Waals surface area contributed by atoms with Crippen LogP contribution in [0.15, 0.2) is 5.16 Å². The zero-order valence-corrected chi connectivity index (χ0v) is 17.5. The number of nitrogens with zero attached hydrogens (tertiary/aromatic N) is 3. The molecular weight excluding hydrogens is 406 g/mol. The predicted molar refractivity (Wildman–Crippen MR) is 106 cm³/mol. The third-order valence-electron chi connectivity index (χ3n) is 3.57. The fourth-order valence-corrected chi connectivity index (χ4v) is 3.96. The largest absolute Gasteiger partial charge is 0.462 e.